The van der Waals surface area contributed by atoms with Gasteiger partial charge < -0.3 is 5.32 Å². The van der Waals surface area contributed by atoms with Crippen LogP contribution in [0.5, 0.6) is 0 Å². The molecule has 0 bridgehead atoms. The van der Waals surface area contributed by atoms with Gasteiger partial charge in [-0.25, -0.2) is 4.39 Å². The van der Waals surface area contributed by atoms with Crippen LogP contribution >= 0.6 is 11.8 Å². The van der Waals surface area contributed by atoms with Gasteiger partial charge in [0, 0.05) is 17.3 Å². The maximum atomic E-state index is 13.1. The van der Waals surface area contributed by atoms with Gasteiger partial charge in [-0.1, -0.05) is 12.1 Å². The fraction of sp³-hybridized carbons (Fsp3) is 0.625. The number of halogens is 1. The second kappa shape index (κ2) is 7.30. The summed E-state index contributed by atoms with van der Waals surface area (Å²) in [5.74, 6) is -0.134. The van der Waals surface area contributed by atoms with Gasteiger partial charge in [-0.05, 0) is 63.0 Å². The highest BCUT2D eigenvalue weighted by atomic mass is 32.2. The van der Waals surface area contributed by atoms with Crippen LogP contribution in [-0.2, 0) is 6.42 Å². The van der Waals surface area contributed by atoms with E-state index in [4.69, 9.17) is 0 Å². The minimum Gasteiger partial charge on any atom is -0.311 e. The molecule has 0 aromatic heterocycles. The first-order valence-corrected chi connectivity index (χ1v) is 8.49. The van der Waals surface area contributed by atoms with Crippen molar-refractivity contribution in [2.45, 2.75) is 56.4 Å². The number of thioether (sulfide) groups is 1. The topological polar surface area (TPSA) is 12.0 Å². The Labute approximate surface area is 120 Å². The molecule has 1 aromatic carbocycles. The SMILES string of the molecule is CSC1CCC(NC(C)Cc2cccc(F)c2)CC1. The zero-order chi connectivity index (χ0) is 13.7. The molecule has 0 saturated heterocycles. The quantitative estimate of drug-likeness (QED) is 0.875. The first kappa shape index (κ1) is 14.9. The summed E-state index contributed by atoms with van der Waals surface area (Å²) in [6.45, 7) is 2.20. The molecule has 1 atom stereocenters. The van der Waals surface area contributed by atoms with Crippen molar-refractivity contribution in [3.63, 3.8) is 0 Å². The lowest BCUT2D eigenvalue weighted by molar-refractivity contribution is 0.348. The molecule has 1 nitrogen and oxygen atoms in total. The number of hydrogen-bond acceptors (Lipinski definition) is 2. The summed E-state index contributed by atoms with van der Waals surface area (Å²) in [4.78, 5) is 0. The third kappa shape index (κ3) is 4.81. The molecular weight excluding hydrogens is 257 g/mol. The Morgan fingerprint density at radius 1 is 1.32 bits per heavy atom. The summed E-state index contributed by atoms with van der Waals surface area (Å²) >= 11 is 2.00. The molecule has 1 unspecified atom stereocenters. The highest BCUT2D eigenvalue weighted by Crippen LogP contribution is 2.27. The predicted molar refractivity (Wildman–Crippen MR) is 82.3 cm³/mol. The largest absolute Gasteiger partial charge is 0.311 e. The van der Waals surface area contributed by atoms with Gasteiger partial charge >= 0.3 is 0 Å². The van der Waals surface area contributed by atoms with Crippen LogP contribution in [0, 0.1) is 5.82 Å². The molecule has 19 heavy (non-hydrogen) atoms. The second-order valence-corrected chi connectivity index (χ2v) is 6.75. The highest BCUT2D eigenvalue weighted by Gasteiger charge is 2.21. The van der Waals surface area contributed by atoms with Gasteiger partial charge in [0.05, 0.1) is 0 Å². The molecule has 1 aliphatic carbocycles. The number of benzene rings is 1. The van der Waals surface area contributed by atoms with Crippen LogP contribution in [0.1, 0.15) is 38.2 Å². The number of hydrogen-bond donors (Lipinski definition) is 1. The molecule has 0 spiro atoms. The van der Waals surface area contributed by atoms with Crippen LogP contribution in [0.3, 0.4) is 0 Å². The van der Waals surface area contributed by atoms with Gasteiger partial charge in [0.25, 0.3) is 0 Å². The van der Waals surface area contributed by atoms with E-state index in [0.29, 0.717) is 12.1 Å². The first-order chi connectivity index (χ1) is 9.17. The van der Waals surface area contributed by atoms with E-state index in [9.17, 15) is 4.39 Å². The molecular formula is C16H24FNS. The van der Waals surface area contributed by atoms with Crippen LogP contribution < -0.4 is 5.32 Å². The summed E-state index contributed by atoms with van der Waals surface area (Å²) in [6.07, 6.45) is 8.32. The van der Waals surface area contributed by atoms with Crippen molar-refractivity contribution < 1.29 is 4.39 Å². The van der Waals surface area contributed by atoms with Crippen molar-refractivity contribution in [3.05, 3.63) is 35.6 Å². The van der Waals surface area contributed by atoms with Crippen LogP contribution in [0.2, 0.25) is 0 Å². The second-order valence-electron chi connectivity index (χ2n) is 5.61. The fourth-order valence-electron chi connectivity index (χ4n) is 2.94. The molecule has 1 saturated carbocycles. The monoisotopic (exact) mass is 281 g/mol. The maximum absolute atomic E-state index is 13.1. The fourth-order valence-corrected chi connectivity index (χ4v) is 3.69. The Morgan fingerprint density at radius 3 is 2.68 bits per heavy atom. The Bertz CT molecular complexity index is 388. The molecule has 1 N–H and O–H groups in total. The summed E-state index contributed by atoms with van der Waals surface area (Å²) in [6, 6.07) is 8.01. The van der Waals surface area contributed by atoms with Crippen molar-refractivity contribution >= 4 is 11.8 Å². The van der Waals surface area contributed by atoms with Crippen LogP contribution in [0.15, 0.2) is 24.3 Å². The van der Waals surface area contributed by atoms with E-state index in [0.717, 1.165) is 17.2 Å². The average molecular weight is 281 g/mol. The van der Waals surface area contributed by atoms with Crippen LogP contribution in [0.25, 0.3) is 0 Å². The third-order valence-corrected chi connectivity index (χ3v) is 5.10. The van der Waals surface area contributed by atoms with Gasteiger partial charge in [-0.3, -0.25) is 0 Å². The zero-order valence-electron chi connectivity index (χ0n) is 11.9. The molecule has 1 aliphatic rings. The maximum Gasteiger partial charge on any atom is 0.123 e. The third-order valence-electron chi connectivity index (χ3n) is 3.96. The number of rotatable bonds is 5. The van der Waals surface area contributed by atoms with Gasteiger partial charge in [-0.15, -0.1) is 0 Å². The van der Waals surface area contributed by atoms with Gasteiger partial charge in [0.15, 0.2) is 0 Å². The molecule has 1 aromatic rings. The normalized spacial score (nSPS) is 25.2. The van der Waals surface area contributed by atoms with Crippen LogP contribution in [0.4, 0.5) is 4.39 Å². The Morgan fingerprint density at radius 2 is 2.05 bits per heavy atom. The summed E-state index contributed by atoms with van der Waals surface area (Å²) < 4.78 is 13.1. The van der Waals surface area contributed by atoms with Gasteiger partial charge in [-0.2, -0.15) is 11.8 Å². The van der Waals surface area contributed by atoms with Crippen molar-refractivity contribution in [1.29, 1.82) is 0 Å². The van der Waals surface area contributed by atoms with E-state index in [1.54, 1.807) is 12.1 Å². The summed E-state index contributed by atoms with van der Waals surface area (Å²) in [5, 5.41) is 4.56. The van der Waals surface area contributed by atoms with E-state index >= 15 is 0 Å². The van der Waals surface area contributed by atoms with E-state index < -0.39 is 0 Å². The summed E-state index contributed by atoms with van der Waals surface area (Å²) in [7, 11) is 0. The molecule has 106 valence electrons. The zero-order valence-corrected chi connectivity index (χ0v) is 12.7. The van der Waals surface area contributed by atoms with Gasteiger partial charge in [0.2, 0.25) is 0 Å². The van der Waals surface area contributed by atoms with E-state index in [2.05, 4.69) is 18.5 Å². The standard InChI is InChI=1S/C16H24FNS/c1-12(10-13-4-3-5-14(17)11-13)18-15-6-8-16(19-2)9-7-15/h3-5,11-12,15-16,18H,6-10H2,1-2H3. The Hall–Kier alpha value is -0.540. The van der Waals surface area contributed by atoms with Crippen molar-refractivity contribution in [1.82, 2.24) is 5.32 Å². The highest BCUT2D eigenvalue weighted by molar-refractivity contribution is 7.99. The van der Waals surface area contributed by atoms with Crippen molar-refractivity contribution in [2.75, 3.05) is 6.26 Å². The summed E-state index contributed by atoms with van der Waals surface area (Å²) in [5.41, 5.74) is 1.08. The molecule has 1 fully saturated rings. The van der Waals surface area contributed by atoms with E-state index in [-0.39, 0.29) is 5.82 Å². The average Bonchev–Trinajstić information content (AvgIpc) is 2.39. The van der Waals surface area contributed by atoms with E-state index in [1.165, 1.54) is 31.7 Å². The minimum atomic E-state index is -0.134. The molecule has 0 radical (unpaired) electrons. The Balaban J connectivity index is 1.77. The lowest BCUT2D eigenvalue weighted by Crippen LogP contribution is -2.40. The predicted octanol–water partition coefficient (Wildman–Crippen LogP) is 4.02. The van der Waals surface area contributed by atoms with Crippen molar-refractivity contribution in [2.24, 2.45) is 0 Å². The molecule has 3 heteroatoms. The van der Waals surface area contributed by atoms with Gasteiger partial charge in [0.1, 0.15) is 5.82 Å². The lowest BCUT2D eigenvalue weighted by atomic mass is 9.94. The Kier molecular flexibility index (Phi) is 5.71. The smallest absolute Gasteiger partial charge is 0.123 e. The van der Waals surface area contributed by atoms with Crippen molar-refractivity contribution in [3.8, 4) is 0 Å². The molecule has 0 heterocycles. The van der Waals surface area contributed by atoms with Crippen LogP contribution in [-0.4, -0.2) is 23.6 Å². The molecule has 2 rings (SSSR count). The molecule has 0 aliphatic heterocycles. The first-order valence-electron chi connectivity index (χ1n) is 7.20. The van der Waals surface area contributed by atoms with E-state index in [1.807, 2.05) is 17.8 Å². The molecule has 0 amide bonds. The lowest BCUT2D eigenvalue weighted by Gasteiger charge is -2.30. The number of nitrogens with one attached hydrogen (secondary N) is 1. The minimum absolute atomic E-state index is 0.134.